The number of nitrogens with one attached hydrogen (secondary N) is 2. The van der Waals surface area contributed by atoms with Gasteiger partial charge in [-0.2, -0.15) is 0 Å². The number of halogens is 2. The molecule has 0 saturated heterocycles. The molecule has 0 saturated carbocycles. The molecular formula is C28H24ClFN4O4S. The molecule has 5 aromatic rings. The van der Waals surface area contributed by atoms with Crippen molar-refractivity contribution in [1.82, 2.24) is 15.3 Å². The second-order valence-corrected chi connectivity index (χ2v) is 11.5. The van der Waals surface area contributed by atoms with Crippen molar-refractivity contribution >= 4 is 43.8 Å². The third-order valence-corrected chi connectivity index (χ3v) is 6.75. The van der Waals surface area contributed by atoms with Crippen LogP contribution in [0.3, 0.4) is 0 Å². The van der Waals surface area contributed by atoms with Gasteiger partial charge in [0.25, 0.3) is 0 Å². The third-order valence-electron chi connectivity index (χ3n) is 5.72. The Bertz CT molecular complexity index is 1740. The van der Waals surface area contributed by atoms with Gasteiger partial charge in [-0.05, 0) is 66.2 Å². The zero-order chi connectivity index (χ0) is 27.4. The van der Waals surface area contributed by atoms with Crippen LogP contribution >= 0.6 is 11.6 Å². The van der Waals surface area contributed by atoms with Crippen LogP contribution in [0.2, 0.25) is 5.02 Å². The second-order valence-electron chi connectivity index (χ2n) is 8.91. The molecule has 0 fully saturated rings. The molecule has 5 rings (SSSR count). The summed E-state index contributed by atoms with van der Waals surface area (Å²) in [5, 5.41) is 7.30. The fourth-order valence-electron chi connectivity index (χ4n) is 3.92. The van der Waals surface area contributed by atoms with Crippen LogP contribution < -0.4 is 15.4 Å². The molecule has 0 aliphatic carbocycles. The van der Waals surface area contributed by atoms with Crippen molar-refractivity contribution in [2.75, 3.05) is 17.4 Å². The number of nitrogens with zero attached hydrogens (tertiary/aromatic N) is 2. The SMILES string of the molecule is CS(=O)(=O)CNCc1ccc(-c2ccc3ncnc(Nc4ccc(OCc5cccc(F)c5)c(Cl)c4)c3c2)o1. The first-order valence-corrected chi connectivity index (χ1v) is 14.3. The van der Waals surface area contributed by atoms with E-state index in [1.807, 2.05) is 30.3 Å². The monoisotopic (exact) mass is 566 g/mol. The van der Waals surface area contributed by atoms with E-state index >= 15 is 0 Å². The third kappa shape index (κ3) is 6.91. The maximum atomic E-state index is 13.4. The molecule has 0 spiro atoms. The number of hydrogen-bond acceptors (Lipinski definition) is 8. The average molecular weight is 567 g/mol. The van der Waals surface area contributed by atoms with Crippen LogP contribution in [0.5, 0.6) is 5.75 Å². The summed E-state index contributed by atoms with van der Waals surface area (Å²) in [6, 6.07) is 20.8. The van der Waals surface area contributed by atoms with Gasteiger partial charge in [-0.3, -0.25) is 5.32 Å². The van der Waals surface area contributed by atoms with Gasteiger partial charge in [-0.1, -0.05) is 23.7 Å². The highest BCUT2D eigenvalue weighted by molar-refractivity contribution is 7.90. The minimum absolute atomic E-state index is 0.129. The minimum Gasteiger partial charge on any atom is -0.487 e. The molecule has 0 aliphatic rings. The number of aromatic nitrogens is 2. The molecule has 0 amide bonds. The van der Waals surface area contributed by atoms with Gasteiger partial charge in [0.15, 0.2) is 9.84 Å². The van der Waals surface area contributed by atoms with Gasteiger partial charge >= 0.3 is 0 Å². The Hall–Kier alpha value is -3.99. The molecule has 2 aromatic heterocycles. The summed E-state index contributed by atoms with van der Waals surface area (Å²) in [6.07, 6.45) is 2.64. The van der Waals surface area contributed by atoms with E-state index in [1.54, 1.807) is 30.3 Å². The number of ether oxygens (including phenoxy) is 1. The smallest absolute Gasteiger partial charge is 0.160 e. The van der Waals surface area contributed by atoms with Gasteiger partial charge in [0.2, 0.25) is 0 Å². The lowest BCUT2D eigenvalue weighted by Crippen LogP contribution is -2.21. The number of rotatable bonds is 10. The quantitative estimate of drug-likeness (QED) is 0.209. The molecule has 0 radical (unpaired) electrons. The summed E-state index contributed by atoms with van der Waals surface area (Å²) in [5.74, 6) is 1.84. The van der Waals surface area contributed by atoms with Gasteiger partial charge < -0.3 is 14.5 Å². The van der Waals surface area contributed by atoms with Crippen molar-refractivity contribution in [1.29, 1.82) is 0 Å². The molecule has 11 heteroatoms. The molecule has 2 N–H and O–H groups in total. The van der Waals surface area contributed by atoms with E-state index in [9.17, 15) is 12.8 Å². The number of anilines is 2. The van der Waals surface area contributed by atoms with Crippen molar-refractivity contribution in [3.63, 3.8) is 0 Å². The van der Waals surface area contributed by atoms with Crippen molar-refractivity contribution in [2.24, 2.45) is 0 Å². The first-order chi connectivity index (χ1) is 18.7. The molecule has 8 nitrogen and oxygen atoms in total. The van der Waals surface area contributed by atoms with E-state index in [1.165, 1.54) is 24.7 Å². The lowest BCUT2D eigenvalue weighted by Gasteiger charge is -2.12. The Labute approximate surface area is 229 Å². The summed E-state index contributed by atoms with van der Waals surface area (Å²) in [5.41, 5.74) is 2.94. The minimum atomic E-state index is -3.12. The standard InChI is InChI=1S/C28H24ClFN4O4S/c1-39(35,36)17-31-14-22-7-10-26(38-22)19-5-8-25-23(12-19)28(33-16-32-25)34-21-6-9-27(24(29)13-21)37-15-18-3-2-4-20(30)11-18/h2-13,16,31H,14-15,17H2,1H3,(H,32,33,34). The second kappa shape index (κ2) is 11.4. The van der Waals surface area contributed by atoms with Gasteiger partial charge in [-0.25, -0.2) is 22.8 Å². The lowest BCUT2D eigenvalue weighted by atomic mass is 10.1. The van der Waals surface area contributed by atoms with Crippen molar-refractivity contribution in [3.8, 4) is 17.1 Å². The Morgan fingerprint density at radius 3 is 2.69 bits per heavy atom. The normalized spacial score (nSPS) is 11.6. The van der Waals surface area contributed by atoms with E-state index in [4.69, 9.17) is 20.8 Å². The number of furan rings is 1. The van der Waals surface area contributed by atoms with Crippen LogP contribution in [-0.4, -0.2) is 30.5 Å². The van der Waals surface area contributed by atoms with Crippen molar-refractivity contribution in [3.05, 3.63) is 101 Å². The molecule has 0 unspecified atom stereocenters. The molecule has 3 aromatic carbocycles. The summed E-state index contributed by atoms with van der Waals surface area (Å²) in [4.78, 5) is 8.77. The predicted octanol–water partition coefficient (Wildman–Crippen LogP) is 6.10. The van der Waals surface area contributed by atoms with Gasteiger partial charge in [0.05, 0.1) is 23.0 Å². The molecule has 0 bridgehead atoms. The van der Waals surface area contributed by atoms with E-state index in [0.29, 0.717) is 45.9 Å². The lowest BCUT2D eigenvalue weighted by molar-refractivity contribution is 0.306. The largest absolute Gasteiger partial charge is 0.487 e. The number of hydrogen-bond donors (Lipinski definition) is 2. The number of benzene rings is 3. The van der Waals surface area contributed by atoms with Crippen LogP contribution in [0.1, 0.15) is 11.3 Å². The Morgan fingerprint density at radius 2 is 1.90 bits per heavy atom. The topological polar surface area (TPSA) is 106 Å². The van der Waals surface area contributed by atoms with E-state index in [-0.39, 0.29) is 18.3 Å². The van der Waals surface area contributed by atoms with Crippen LogP contribution in [0.4, 0.5) is 15.9 Å². The molecule has 0 aliphatic heterocycles. The fourth-order valence-corrected chi connectivity index (χ4v) is 4.63. The Morgan fingerprint density at radius 1 is 1.03 bits per heavy atom. The summed E-state index contributed by atoms with van der Waals surface area (Å²) in [7, 11) is -3.12. The maximum absolute atomic E-state index is 13.4. The molecular weight excluding hydrogens is 543 g/mol. The van der Waals surface area contributed by atoms with Crippen molar-refractivity contribution in [2.45, 2.75) is 13.2 Å². The first-order valence-electron chi connectivity index (χ1n) is 11.9. The molecule has 0 atom stereocenters. The summed E-state index contributed by atoms with van der Waals surface area (Å²) >= 11 is 6.46. The van der Waals surface area contributed by atoms with Crippen molar-refractivity contribution < 1.29 is 22.0 Å². The highest BCUT2D eigenvalue weighted by Crippen LogP contribution is 2.32. The molecule has 200 valence electrons. The van der Waals surface area contributed by atoms with Gasteiger partial charge in [-0.15, -0.1) is 0 Å². The van der Waals surface area contributed by atoms with E-state index in [2.05, 4.69) is 20.6 Å². The summed E-state index contributed by atoms with van der Waals surface area (Å²) < 4.78 is 47.8. The summed E-state index contributed by atoms with van der Waals surface area (Å²) in [6.45, 7) is 0.477. The van der Waals surface area contributed by atoms with Gasteiger partial charge in [0, 0.05) is 22.9 Å². The molecule has 2 heterocycles. The zero-order valence-electron chi connectivity index (χ0n) is 20.8. The maximum Gasteiger partial charge on any atom is 0.160 e. The number of fused-ring (bicyclic) bond motifs is 1. The first kappa shape index (κ1) is 26.6. The van der Waals surface area contributed by atoms with Crippen LogP contribution in [0, 0.1) is 5.82 Å². The zero-order valence-corrected chi connectivity index (χ0v) is 22.4. The Kier molecular flexibility index (Phi) is 7.78. The van der Waals surface area contributed by atoms with Gasteiger partial charge in [0.1, 0.15) is 41.8 Å². The van der Waals surface area contributed by atoms with Crippen LogP contribution in [0.25, 0.3) is 22.2 Å². The number of sulfone groups is 1. The highest BCUT2D eigenvalue weighted by Gasteiger charge is 2.12. The Balaban J connectivity index is 1.32. The van der Waals surface area contributed by atoms with E-state index < -0.39 is 9.84 Å². The fraction of sp³-hybridized carbons (Fsp3) is 0.143. The molecule has 39 heavy (non-hydrogen) atoms. The van der Waals surface area contributed by atoms with E-state index in [0.717, 1.165) is 16.5 Å². The predicted molar refractivity (Wildman–Crippen MR) is 149 cm³/mol. The highest BCUT2D eigenvalue weighted by atomic mass is 35.5. The van der Waals surface area contributed by atoms with Crippen LogP contribution in [0.15, 0.2) is 83.5 Å². The average Bonchev–Trinajstić information content (AvgIpc) is 3.36. The van der Waals surface area contributed by atoms with Crippen LogP contribution in [-0.2, 0) is 23.0 Å².